The monoisotopic (exact) mass is 435 g/mol. The summed E-state index contributed by atoms with van der Waals surface area (Å²) in [5.41, 5.74) is 3.21. The fourth-order valence-electron chi connectivity index (χ4n) is 4.78. The Hall–Kier alpha value is -3.02. The van der Waals surface area contributed by atoms with Crippen LogP contribution in [0.2, 0.25) is 0 Å². The molecular weight excluding hydrogens is 402 g/mol. The number of hydrogen-bond acceptors (Lipinski definition) is 4. The van der Waals surface area contributed by atoms with Crippen molar-refractivity contribution in [3.63, 3.8) is 0 Å². The number of carbonyl (C=O) groups excluding carboxylic acids is 2. The van der Waals surface area contributed by atoms with Gasteiger partial charge in [-0.05, 0) is 42.3 Å². The van der Waals surface area contributed by atoms with Crippen LogP contribution in [0.3, 0.4) is 0 Å². The first-order valence-corrected chi connectivity index (χ1v) is 11.5. The largest absolute Gasteiger partial charge is 0.497 e. The number of para-hydroxylation sites is 1. The van der Waals surface area contributed by atoms with Crippen LogP contribution in [-0.4, -0.2) is 56.5 Å². The van der Waals surface area contributed by atoms with E-state index in [0.29, 0.717) is 25.8 Å². The zero-order valence-electron chi connectivity index (χ0n) is 19.3. The van der Waals surface area contributed by atoms with Gasteiger partial charge in [-0.1, -0.05) is 32.0 Å². The Morgan fingerprint density at radius 3 is 2.38 bits per heavy atom. The Kier molecular flexibility index (Phi) is 6.40. The summed E-state index contributed by atoms with van der Waals surface area (Å²) in [4.78, 5) is 31.7. The van der Waals surface area contributed by atoms with Gasteiger partial charge >= 0.3 is 0 Å². The van der Waals surface area contributed by atoms with Gasteiger partial charge in [-0.25, -0.2) is 0 Å². The number of nitrogens with zero attached hydrogens (tertiary/aromatic N) is 3. The fourth-order valence-corrected chi connectivity index (χ4v) is 4.78. The predicted molar refractivity (Wildman–Crippen MR) is 127 cm³/mol. The number of fused-ring (bicyclic) bond motifs is 1. The van der Waals surface area contributed by atoms with Gasteiger partial charge in [0.15, 0.2) is 0 Å². The molecule has 0 saturated carbocycles. The van der Waals surface area contributed by atoms with E-state index in [1.807, 2.05) is 40.1 Å². The van der Waals surface area contributed by atoms with Crippen LogP contribution in [0.25, 0.3) is 0 Å². The Morgan fingerprint density at radius 2 is 1.69 bits per heavy atom. The van der Waals surface area contributed by atoms with E-state index in [9.17, 15) is 9.59 Å². The molecule has 1 saturated heterocycles. The van der Waals surface area contributed by atoms with E-state index in [2.05, 4.69) is 36.9 Å². The summed E-state index contributed by atoms with van der Waals surface area (Å²) < 4.78 is 5.23. The first-order valence-electron chi connectivity index (χ1n) is 11.5. The minimum atomic E-state index is -0.149. The molecule has 0 N–H and O–H groups in total. The quantitative estimate of drug-likeness (QED) is 0.692. The number of methoxy groups -OCH3 is 1. The predicted octanol–water partition coefficient (Wildman–Crippen LogP) is 3.84. The van der Waals surface area contributed by atoms with E-state index in [-0.39, 0.29) is 17.2 Å². The van der Waals surface area contributed by atoms with E-state index >= 15 is 0 Å². The normalized spacial score (nSPS) is 17.8. The Bertz CT molecular complexity index is 963. The molecule has 0 radical (unpaired) electrons. The zero-order valence-corrected chi connectivity index (χ0v) is 19.3. The SMILES string of the molecule is COc1ccc(N2CCN(C(=O)CCCN3C(=O)CC(C)(C)c4ccccc43)CC2)cc1. The van der Waals surface area contributed by atoms with Crippen LogP contribution in [0.1, 0.15) is 38.7 Å². The minimum Gasteiger partial charge on any atom is -0.497 e. The van der Waals surface area contributed by atoms with Gasteiger partial charge in [0.1, 0.15) is 5.75 Å². The highest BCUT2D eigenvalue weighted by molar-refractivity contribution is 5.97. The topological polar surface area (TPSA) is 53.1 Å². The molecule has 32 heavy (non-hydrogen) atoms. The molecule has 2 aromatic carbocycles. The average molecular weight is 436 g/mol. The Labute approximate surface area is 190 Å². The molecular formula is C26H33N3O3. The molecule has 2 amide bonds. The average Bonchev–Trinajstić information content (AvgIpc) is 2.81. The van der Waals surface area contributed by atoms with Gasteiger partial charge in [0.25, 0.3) is 0 Å². The summed E-state index contributed by atoms with van der Waals surface area (Å²) in [6.07, 6.45) is 1.65. The van der Waals surface area contributed by atoms with Crippen molar-refractivity contribution in [1.82, 2.24) is 4.90 Å². The second kappa shape index (κ2) is 9.23. The third kappa shape index (κ3) is 4.59. The number of carbonyl (C=O) groups is 2. The van der Waals surface area contributed by atoms with Crippen molar-refractivity contribution in [3.8, 4) is 5.75 Å². The van der Waals surface area contributed by atoms with Crippen molar-refractivity contribution < 1.29 is 14.3 Å². The highest BCUT2D eigenvalue weighted by Crippen LogP contribution is 2.40. The van der Waals surface area contributed by atoms with Crippen molar-refractivity contribution >= 4 is 23.2 Å². The van der Waals surface area contributed by atoms with Gasteiger partial charge in [0.2, 0.25) is 11.8 Å². The fraction of sp³-hybridized carbons (Fsp3) is 0.462. The second-order valence-electron chi connectivity index (χ2n) is 9.29. The van der Waals surface area contributed by atoms with E-state index in [0.717, 1.165) is 43.3 Å². The molecule has 170 valence electrons. The molecule has 2 aliphatic heterocycles. The van der Waals surface area contributed by atoms with Gasteiger partial charge in [-0.2, -0.15) is 0 Å². The molecule has 0 atom stereocenters. The first kappa shape index (κ1) is 22.2. The lowest BCUT2D eigenvalue weighted by Crippen LogP contribution is -2.49. The maximum atomic E-state index is 12.8. The van der Waals surface area contributed by atoms with E-state index in [1.54, 1.807) is 7.11 Å². The highest BCUT2D eigenvalue weighted by Gasteiger charge is 2.36. The van der Waals surface area contributed by atoms with Crippen molar-refractivity contribution in [2.24, 2.45) is 0 Å². The third-order valence-corrected chi connectivity index (χ3v) is 6.66. The van der Waals surface area contributed by atoms with Crippen LogP contribution in [-0.2, 0) is 15.0 Å². The van der Waals surface area contributed by atoms with Crippen LogP contribution >= 0.6 is 0 Å². The molecule has 6 heteroatoms. The van der Waals surface area contributed by atoms with Crippen LogP contribution in [0, 0.1) is 0 Å². The number of anilines is 2. The smallest absolute Gasteiger partial charge is 0.227 e. The summed E-state index contributed by atoms with van der Waals surface area (Å²) in [6.45, 7) is 7.93. The summed E-state index contributed by atoms with van der Waals surface area (Å²) >= 11 is 0. The number of piperazine rings is 1. The van der Waals surface area contributed by atoms with Crippen molar-refractivity contribution in [2.75, 3.05) is 49.6 Å². The number of benzene rings is 2. The van der Waals surface area contributed by atoms with E-state index in [4.69, 9.17) is 4.74 Å². The van der Waals surface area contributed by atoms with Crippen LogP contribution in [0.4, 0.5) is 11.4 Å². The number of ether oxygens (including phenoxy) is 1. The van der Waals surface area contributed by atoms with Gasteiger partial charge in [-0.15, -0.1) is 0 Å². The van der Waals surface area contributed by atoms with E-state index in [1.165, 1.54) is 5.56 Å². The molecule has 1 fully saturated rings. The molecule has 0 bridgehead atoms. The van der Waals surface area contributed by atoms with Crippen molar-refractivity contribution in [2.45, 2.75) is 38.5 Å². The molecule has 0 unspecified atom stereocenters. The molecule has 0 spiro atoms. The first-order chi connectivity index (χ1) is 15.4. The summed E-state index contributed by atoms with van der Waals surface area (Å²) in [7, 11) is 1.67. The molecule has 0 aromatic heterocycles. The van der Waals surface area contributed by atoms with Crippen LogP contribution in [0.15, 0.2) is 48.5 Å². The van der Waals surface area contributed by atoms with Gasteiger partial charge in [-0.3, -0.25) is 9.59 Å². The second-order valence-corrected chi connectivity index (χ2v) is 9.29. The maximum absolute atomic E-state index is 12.8. The van der Waals surface area contributed by atoms with Crippen LogP contribution in [0.5, 0.6) is 5.75 Å². The van der Waals surface area contributed by atoms with Crippen molar-refractivity contribution in [1.29, 1.82) is 0 Å². The zero-order chi connectivity index (χ0) is 22.7. The van der Waals surface area contributed by atoms with Gasteiger partial charge < -0.3 is 19.4 Å². The number of amides is 2. The Morgan fingerprint density at radius 1 is 1.00 bits per heavy atom. The molecule has 2 aromatic rings. The lowest BCUT2D eigenvalue weighted by molar-refractivity contribution is -0.131. The molecule has 2 heterocycles. The standard InChI is InChI=1S/C26H33N3O3/c1-26(2)19-25(31)29(23-8-5-4-7-22(23)26)14-6-9-24(30)28-17-15-27(16-18-28)20-10-12-21(32-3)13-11-20/h4-5,7-8,10-13H,6,9,14-19H2,1-3H3. The molecule has 6 nitrogen and oxygen atoms in total. The summed E-state index contributed by atoms with van der Waals surface area (Å²) in [6, 6.07) is 16.2. The van der Waals surface area contributed by atoms with Crippen LogP contribution < -0.4 is 14.5 Å². The lowest BCUT2D eigenvalue weighted by Gasteiger charge is -2.39. The maximum Gasteiger partial charge on any atom is 0.227 e. The summed E-state index contributed by atoms with van der Waals surface area (Å²) in [5.74, 6) is 1.17. The molecule has 2 aliphatic rings. The van der Waals surface area contributed by atoms with Crippen molar-refractivity contribution in [3.05, 3.63) is 54.1 Å². The third-order valence-electron chi connectivity index (χ3n) is 6.66. The highest BCUT2D eigenvalue weighted by atomic mass is 16.5. The van der Waals surface area contributed by atoms with Gasteiger partial charge in [0.05, 0.1) is 7.11 Å². The Balaban J connectivity index is 1.28. The van der Waals surface area contributed by atoms with Gasteiger partial charge in [0, 0.05) is 62.4 Å². The molecule has 0 aliphatic carbocycles. The molecule has 4 rings (SSSR count). The number of rotatable bonds is 6. The summed E-state index contributed by atoms with van der Waals surface area (Å²) in [5, 5.41) is 0. The van der Waals surface area contributed by atoms with E-state index < -0.39 is 0 Å². The minimum absolute atomic E-state index is 0.147. The number of hydrogen-bond donors (Lipinski definition) is 0. The lowest BCUT2D eigenvalue weighted by atomic mass is 9.77.